The van der Waals surface area contributed by atoms with Crippen molar-refractivity contribution in [3.63, 3.8) is 0 Å². The van der Waals surface area contributed by atoms with E-state index in [1.54, 1.807) is 6.08 Å². The molecule has 1 aliphatic rings. The van der Waals surface area contributed by atoms with E-state index in [0.29, 0.717) is 0 Å². The number of rotatable bonds is 4. The van der Waals surface area contributed by atoms with Crippen LogP contribution in [0.15, 0.2) is 48.5 Å². The van der Waals surface area contributed by atoms with E-state index < -0.39 is 0 Å². The Kier molecular flexibility index (Phi) is 6.14. The summed E-state index contributed by atoms with van der Waals surface area (Å²) in [6.45, 7) is 8.89. The molecule has 0 unspecified atom stereocenters. The first-order valence-electron chi connectivity index (χ1n) is 9.60. The van der Waals surface area contributed by atoms with Crippen LogP contribution in [0.25, 0.3) is 6.08 Å². The molecule has 1 heterocycles. The third-order valence-corrected chi connectivity index (χ3v) is 5.16. The molecule has 2 amide bonds. The van der Waals surface area contributed by atoms with Gasteiger partial charge in [-0.05, 0) is 54.8 Å². The van der Waals surface area contributed by atoms with Crippen LogP contribution in [0.4, 0.5) is 11.4 Å². The summed E-state index contributed by atoms with van der Waals surface area (Å²) >= 11 is 0. The Morgan fingerprint density at radius 2 is 1.64 bits per heavy atom. The van der Waals surface area contributed by atoms with E-state index in [-0.39, 0.29) is 11.8 Å². The van der Waals surface area contributed by atoms with Gasteiger partial charge in [-0.3, -0.25) is 9.59 Å². The molecular weight excluding hydrogens is 350 g/mol. The van der Waals surface area contributed by atoms with Gasteiger partial charge in [0.2, 0.25) is 11.8 Å². The maximum absolute atomic E-state index is 12.5. The fourth-order valence-corrected chi connectivity index (χ4v) is 3.40. The topological polar surface area (TPSA) is 52.7 Å². The summed E-state index contributed by atoms with van der Waals surface area (Å²) in [4.78, 5) is 27.8. The van der Waals surface area contributed by atoms with E-state index in [9.17, 15) is 9.59 Å². The molecule has 0 bridgehead atoms. The monoisotopic (exact) mass is 377 g/mol. The Balaban J connectivity index is 1.55. The van der Waals surface area contributed by atoms with Gasteiger partial charge in [-0.25, -0.2) is 0 Å². The number of hydrogen-bond acceptors (Lipinski definition) is 3. The van der Waals surface area contributed by atoms with Crippen LogP contribution in [0.3, 0.4) is 0 Å². The third kappa shape index (κ3) is 4.80. The molecule has 0 atom stereocenters. The smallest absolute Gasteiger partial charge is 0.246 e. The average Bonchev–Trinajstić information content (AvgIpc) is 2.69. The minimum Gasteiger partial charge on any atom is -0.368 e. The molecule has 0 spiro atoms. The number of aryl methyl sites for hydroxylation is 1. The molecule has 28 heavy (non-hydrogen) atoms. The number of piperazine rings is 1. The zero-order valence-electron chi connectivity index (χ0n) is 16.7. The Morgan fingerprint density at radius 1 is 0.964 bits per heavy atom. The second-order valence-electron chi connectivity index (χ2n) is 7.17. The summed E-state index contributed by atoms with van der Waals surface area (Å²) in [5.74, 6) is -0.0648. The molecule has 1 saturated heterocycles. The van der Waals surface area contributed by atoms with Crippen molar-refractivity contribution >= 4 is 29.3 Å². The molecule has 146 valence electrons. The summed E-state index contributed by atoms with van der Waals surface area (Å²) in [7, 11) is 0. The standard InChI is InChI=1S/C23H27N3O2/c1-17-5-4-6-22(18(17)2)25-13-15-26(16-14-25)23(28)12-9-20-7-10-21(11-8-20)24-19(3)27/h4-12H,13-16H2,1-3H3,(H,24,27)/b12-9+. The van der Waals surface area contributed by atoms with Crippen LogP contribution in [-0.4, -0.2) is 42.9 Å². The van der Waals surface area contributed by atoms with Crippen LogP contribution in [0.1, 0.15) is 23.6 Å². The van der Waals surface area contributed by atoms with Gasteiger partial charge in [-0.15, -0.1) is 0 Å². The second kappa shape index (κ2) is 8.74. The molecule has 2 aromatic carbocycles. The summed E-state index contributed by atoms with van der Waals surface area (Å²) in [6, 6.07) is 13.8. The van der Waals surface area contributed by atoms with Gasteiger partial charge >= 0.3 is 0 Å². The van der Waals surface area contributed by atoms with Crippen LogP contribution in [0.2, 0.25) is 0 Å². The largest absolute Gasteiger partial charge is 0.368 e. The number of amides is 2. The van der Waals surface area contributed by atoms with Crippen molar-refractivity contribution in [2.24, 2.45) is 0 Å². The second-order valence-corrected chi connectivity index (χ2v) is 7.17. The van der Waals surface area contributed by atoms with Crippen LogP contribution in [-0.2, 0) is 9.59 Å². The number of carbonyl (C=O) groups excluding carboxylic acids is 2. The summed E-state index contributed by atoms with van der Waals surface area (Å²) < 4.78 is 0. The molecule has 0 aliphatic carbocycles. The van der Waals surface area contributed by atoms with Crippen LogP contribution in [0.5, 0.6) is 0 Å². The highest BCUT2D eigenvalue weighted by Crippen LogP contribution is 2.24. The van der Waals surface area contributed by atoms with Gasteiger partial charge < -0.3 is 15.1 Å². The van der Waals surface area contributed by atoms with E-state index in [4.69, 9.17) is 0 Å². The first kappa shape index (κ1) is 19.7. The average molecular weight is 377 g/mol. The van der Waals surface area contributed by atoms with Crippen LogP contribution < -0.4 is 10.2 Å². The predicted molar refractivity (Wildman–Crippen MR) is 114 cm³/mol. The van der Waals surface area contributed by atoms with Crippen LogP contribution >= 0.6 is 0 Å². The zero-order valence-corrected chi connectivity index (χ0v) is 16.7. The first-order chi connectivity index (χ1) is 13.4. The Morgan fingerprint density at radius 3 is 2.29 bits per heavy atom. The molecule has 1 aliphatic heterocycles. The van der Waals surface area contributed by atoms with Crippen molar-refractivity contribution in [3.8, 4) is 0 Å². The molecular formula is C23H27N3O2. The number of nitrogens with zero attached hydrogens (tertiary/aromatic N) is 2. The van der Waals surface area contributed by atoms with Crippen molar-refractivity contribution in [1.29, 1.82) is 0 Å². The fraction of sp³-hybridized carbons (Fsp3) is 0.304. The SMILES string of the molecule is CC(=O)Nc1ccc(/C=C/C(=O)N2CCN(c3cccc(C)c3C)CC2)cc1. The van der Waals surface area contributed by atoms with E-state index >= 15 is 0 Å². The van der Waals surface area contributed by atoms with Crippen molar-refractivity contribution in [2.45, 2.75) is 20.8 Å². The summed E-state index contributed by atoms with van der Waals surface area (Å²) in [6.07, 6.45) is 3.44. The lowest BCUT2D eigenvalue weighted by molar-refractivity contribution is -0.126. The number of carbonyl (C=O) groups is 2. The lowest BCUT2D eigenvalue weighted by Gasteiger charge is -2.36. The third-order valence-electron chi connectivity index (χ3n) is 5.16. The Bertz CT molecular complexity index is 879. The molecule has 3 rings (SSSR count). The zero-order chi connectivity index (χ0) is 20.1. The van der Waals surface area contributed by atoms with Gasteiger partial charge in [0.05, 0.1) is 0 Å². The fourth-order valence-electron chi connectivity index (χ4n) is 3.40. The molecule has 1 N–H and O–H groups in total. The summed E-state index contributed by atoms with van der Waals surface area (Å²) in [5.41, 5.74) is 5.55. The normalized spacial score (nSPS) is 14.4. The van der Waals surface area contributed by atoms with Gasteiger partial charge in [-0.2, -0.15) is 0 Å². The minimum absolute atomic E-state index is 0.0338. The molecule has 0 saturated carbocycles. The molecule has 2 aromatic rings. The molecule has 5 heteroatoms. The maximum Gasteiger partial charge on any atom is 0.246 e. The van der Waals surface area contributed by atoms with Gasteiger partial charge in [0.15, 0.2) is 0 Å². The van der Waals surface area contributed by atoms with E-state index in [1.807, 2.05) is 35.2 Å². The minimum atomic E-state index is -0.0986. The van der Waals surface area contributed by atoms with Crippen molar-refractivity contribution in [1.82, 2.24) is 4.90 Å². The molecule has 5 nitrogen and oxygen atoms in total. The van der Waals surface area contributed by atoms with Crippen molar-refractivity contribution < 1.29 is 9.59 Å². The van der Waals surface area contributed by atoms with Crippen molar-refractivity contribution in [3.05, 3.63) is 65.2 Å². The number of hydrogen-bond donors (Lipinski definition) is 1. The quantitative estimate of drug-likeness (QED) is 0.828. The summed E-state index contributed by atoms with van der Waals surface area (Å²) in [5, 5.41) is 2.73. The molecule has 1 fully saturated rings. The predicted octanol–water partition coefficient (Wildman–Crippen LogP) is 3.62. The number of benzene rings is 2. The van der Waals surface area contributed by atoms with Crippen molar-refractivity contribution in [2.75, 3.05) is 36.4 Å². The highest BCUT2D eigenvalue weighted by atomic mass is 16.2. The Labute approximate surface area is 166 Å². The van der Waals surface area contributed by atoms with E-state index in [1.165, 1.54) is 23.7 Å². The Hall–Kier alpha value is -3.08. The maximum atomic E-state index is 12.5. The number of anilines is 2. The number of nitrogens with one attached hydrogen (secondary N) is 1. The highest BCUT2D eigenvalue weighted by molar-refractivity contribution is 5.92. The van der Waals surface area contributed by atoms with Gasteiger partial charge in [0, 0.05) is 50.6 Å². The van der Waals surface area contributed by atoms with Gasteiger partial charge in [-0.1, -0.05) is 24.3 Å². The highest BCUT2D eigenvalue weighted by Gasteiger charge is 2.20. The lowest BCUT2D eigenvalue weighted by atomic mass is 10.1. The van der Waals surface area contributed by atoms with Gasteiger partial charge in [0.25, 0.3) is 0 Å². The van der Waals surface area contributed by atoms with Crippen LogP contribution in [0, 0.1) is 13.8 Å². The van der Waals surface area contributed by atoms with E-state index in [2.05, 4.69) is 42.3 Å². The first-order valence-corrected chi connectivity index (χ1v) is 9.60. The van der Waals surface area contributed by atoms with Gasteiger partial charge in [0.1, 0.15) is 0 Å². The van der Waals surface area contributed by atoms with E-state index in [0.717, 1.165) is 37.4 Å². The lowest BCUT2D eigenvalue weighted by Crippen LogP contribution is -2.48. The molecule has 0 radical (unpaired) electrons. The molecule has 0 aromatic heterocycles.